The molecule has 0 aliphatic rings. The third-order valence-corrected chi connectivity index (χ3v) is 3.47. The van der Waals surface area contributed by atoms with Crippen molar-refractivity contribution in [2.24, 2.45) is 5.41 Å². The lowest BCUT2D eigenvalue weighted by molar-refractivity contribution is -0.384. The molecule has 0 spiro atoms. The Balaban J connectivity index is 2.83. The molecule has 0 aliphatic heterocycles. The van der Waals surface area contributed by atoms with E-state index in [1.165, 1.54) is 0 Å². The number of unbranched alkanes of at least 4 members (excludes halogenated alkanes) is 2. The number of nitrogens with zero attached hydrogens (tertiary/aromatic N) is 1. The van der Waals surface area contributed by atoms with Crippen molar-refractivity contribution < 1.29 is 13.7 Å². The highest BCUT2D eigenvalue weighted by molar-refractivity contribution is 5.62. The van der Waals surface area contributed by atoms with Crippen LogP contribution in [0.1, 0.15) is 46.5 Å². The minimum atomic E-state index is -1.20. The van der Waals surface area contributed by atoms with E-state index in [0.29, 0.717) is 6.54 Å². The summed E-state index contributed by atoms with van der Waals surface area (Å²) in [6.45, 7) is 6.45. The topological polar surface area (TPSA) is 55.2 Å². The second-order valence-corrected chi connectivity index (χ2v) is 5.99. The summed E-state index contributed by atoms with van der Waals surface area (Å²) in [5.41, 5.74) is -0.969. The van der Waals surface area contributed by atoms with Crippen LogP contribution >= 0.6 is 0 Å². The Morgan fingerprint density at radius 3 is 2.52 bits per heavy atom. The molecule has 1 aromatic rings. The van der Waals surface area contributed by atoms with Gasteiger partial charge < -0.3 is 5.32 Å². The van der Waals surface area contributed by atoms with E-state index in [4.69, 9.17) is 0 Å². The molecule has 1 N–H and O–H groups in total. The standard InChI is InChI=1S/C15H22F2N2O2/c1-4-5-6-9-15(2,3)10-18-14-12(19(20)21)8-7-11(16)13(14)17/h7-8,18H,4-6,9-10H2,1-3H3. The van der Waals surface area contributed by atoms with Gasteiger partial charge in [-0.3, -0.25) is 10.1 Å². The lowest BCUT2D eigenvalue weighted by atomic mass is 9.87. The maximum Gasteiger partial charge on any atom is 0.295 e. The molecule has 0 radical (unpaired) electrons. The summed E-state index contributed by atoms with van der Waals surface area (Å²) in [6, 6.07) is 1.75. The van der Waals surface area contributed by atoms with Crippen LogP contribution in [0.4, 0.5) is 20.2 Å². The number of hydrogen-bond donors (Lipinski definition) is 1. The summed E-state index contributed by atoms with van der Waals surface area (Å²) in [7, 11) is 0. The number of nitro benzene ring substituents is 1. The van der Waals surface area contributed by atoms with Gasteiger partial charge in [-0.15, -0.1) is 0 Å². The molecule has 6 heteroatoms. The SMILES string of the molecule is CCCCCC(C)(C)CNc1c([N+](=O)[O-])ccc(F)c1F. The quantitative estimate of drug-likeness (QED) is 0.422. The predicted octanol–water partition coefficient (Wildman–Crippen LogP) is 4.89. The van der Waals surface area contributed by atoms with Crippen LogP contribution in [-0.4, -0.2) is 11.5 Å². The maximum atomic E-state index is 13.8. The van der Waals surface area contributed by atoms with Gasteiger partial charge in [0.25, 0.3) is 5.69 Å². The van der Waals surface area contributed by atoms with Crippen molar-refractivity contribution in [3.05, 3.63) is 33.9 Å². The number of nitrogens with one attached hydrogen (secondary N) is 1. The van der Waals surface area contributed by atoms with Gasteiger partial charge in [0.05, 0.1) is 4.92 Å². The molecule has 21 heavy (non-hydrogen) atoms. The smallest absolute Gasteiger partial charge is 0.295 e. The summed E-state index contributed by atoms with van der Waals surface area (Å²) in [5, 5.41) is 13.6. The summed E-state index contributed by atoms with van der Waals surface area (Å²) in [5.74, 6) is -2.29. The summed E-state index contributed by atoms with van der Waals surface area (Å²) in [4.78, 5) is 10.2. The molecule has 0 aliphatic carbocycles. The Kier molecular flexibility index (Phi) is 6.05. The van der Waals surface area contributed by atoms with Gasteiger partial charge in [-0.1, -0.05) is 40.0 Å². The average molecular weight is 300 g/mol. The van der Waals surface area contributed by atoms with Gasteiger partial charge >= 0.3 is 0 Å². The highest BCUT2D eigenvalue weighted by Crippen LogP contribution is 2.31. The molecule has 0 unspecified atom stereocenters. The van der Waals surface area contributed by atoms with Crippen LogP contribution in [0.15, 0.2) is 12.1 Å². The van der Waals surface area contributed by atoms with Crippen molar-refractivity contribution in [3.63, 3.8) is 0 Å². The third kappa shape index (κ3) is 4.95. The Hall–Kier alpha value is -1.72. The van der Waals surface area contributed by atoms with Crippen LogP contribution in [0.3, 0.4) is 0 Å². The second kappa shape index (κ2) is 7.33. The summed E-state index contributed by atoms with van der Waals surface area (Å²) >= 11 is 0. The largest absolute Gasteiger partial charge is 0.376 e. The summed E-state index contributed by atoms with van der Waals surface area (Å²) < 4.78 is 27.0. The molecule has 1 aromatic carbocycles. The molecule has 0 fully saturated rings. The van der Waals surface area contributed by atoms with E-state index in [1.807, 2.05) is 13.8 Å². The molecule has 0 bridgehead atoms. The molecule has 0 aromatic heterocycles. The van der Waals surface area contributed by atoms with Gasteiger partial charge in [0, 0.05) is 12.6 Å². The van der Waals surface area contributed by atoms with Crippen molar-refractivity contribution in [1.82, 2.24) is 0 Å². The molecule has 0 atom stereocenters. The fourth-order valence-corrected chi connectivity index (χ4v) is 2.13. The Labute approximate surface area is 123 Å². The molecule has 0 saturated heterocycles. The average Bonchev–Trinajstić information content (AvgIpc) is 2.40. The number of benzene rings is 1. The molecule has 0 amide bonds. The van der Waals surface area contributed by atoms with Crippen LogP contribution in [0.5, 0.6) is 0 Å². The molecule has 118 valence electrons. The fourth-order valence-electron chi connectivity index (χ4n) is 2.13. The lowest BCUT2D eigenvalue weighted by Crippen LogP contribution is -2.24. The monoisotopic (exact) mass is 300 g/mol. The molecule has 4 nitrogen and oxygen atoms in total. The lowest BCUT2D eigenvalue weighted by Gasteiger charge is -2.25. The number of rotatable bonds is 8. The molecular weight excluding hydrogens is 278 g/mol. The molecule has 0 saturated carbocycles. The van der Waals surface area contributed by atoms with E-state index in [-0.39, 0.29) is 11.1 Å². The Morgan fingerprint density at radius 1 is 1.29 bits per heavy atom. The molecule has 0 heterocycles. The zero-order valence-electron chi connectivity index (χ0n) is 12.7. The second-order valence-electron chi connectivity index (χ2n) is 5.99. The first-order valence-corrected chi connectivity index (χ1v) is 7.15. The third-order valence-electron chi connectivity index (χ3n) is 3.47. The zero-order chi connectivity index (χ0) is 16.0. The van der Waals surface area contributed by atoms with E-state index < -0.39 is 22.2 Å². The van der Waals surface area contributed by atoms with Crippen molar-refractivity contribution >= 4 is 11.4 Å². The van der Waals surface area contributed by atoms with Crippen LogP contribution in [0, 0.1) is 27.2 Å². The minimum Gasteiger partial charge on any atom is -0.376 e. The first-order chi connectivity index (χ1) is 9.78. The van der Waals surface area contributed by atoms with Gasteiger partial charge in [-0.2, -0.15) is 0 Å². The van der Waals surface area contributed by atoms with Gasteiger partial charge in [0.15, 0.2) is 17.3 Å². The van der Waals surface area contributed by atoms with Crippen molar-refractivity contribution in [2.75, 3.05) is 11.9 Å². The van der Waals surface area contributed by atoms with Gasteiger partial charge in [-0.05, 0) is 17.9 Å². The fraction of sp³-hybridized carbons (Fsp3) is 0.600. The van der Waals surface area contributed by atoms with Crippen LogP contribution in [0.2, 0.25) is 0 Å². The summed E-state index contributed by atoms with van der Waals surface area (Å²) in [6.07, 6.45) is 4.17. The minimum absolute atomic E-state index is 0.151. The number of nitro groups is 1. The zero-order valence-corrected chi connectivity index (χ0v) is 12.7. The predicted molar refractivity (Wildman–Crippen MR) is 79.4 cm³/mol. The first-order valence-electron chi connectivity index (χ1n) is 7.15. The molecule has 1 rings (SSSR count). The number of hydrogen-bond acceptors (Lipinski definition) is 3. The van der Waals surface area contributed by atoms with E-state index in [9.17, 15) is 18.9 Å². The van der Waals surface area contributed by atoms with Gasteiger partial charge in [0.2, 0.25) is 0 Å². The van der Waals surface area contributed by atoms with Crippen molar-refractivity contribution in [3.8, 4) is 0 Å². The van der Waals surface area contributed by atoms with Crippen molar-refractivity contribution in [2.45, 2.75) is 46.5 Å². The highest BCUT2D eigenvalue weighted by atomic mass is 19.2. The Bertz CT molecular complexity index is 505. The van der Waals surface area contributed by atoms with E-state index >= 15 is 0 Å². The van der Waals surface area contributed by atoms with Crippen LogP contribution < -0.4 is 5.32 Å². The number of anilines is 1. The maximum absolute atomic E-state index is 13.8. The first kappa shape index (κ1) is 17.3. The van der Waals surface area contributed by atoms with E-state index in [2.05, 4.69) is 12.2 Å². The van der Waals surface area contributed by atoms with E-state index in [0.717, 1.165) is 37.8 Å². The highest BCUT2D eigenvalue weighted by Gasteiger charge is 2.24. The molecular formula is C15H22F2N2O2. The van der Waals surface area contributed by atoms with E-state index in [1.54, 1.807) is 0 Å². The van der Waals surface area contributed by atoms with Crippen molar-refractivity contribution in [1.29, 1.82) is 0 Å². The van der Waals surface area contributed by atoms with Gasteiger partial charge in [-0.25, -0.2) is 8.78 Å². The van der Waals surface area contributed by atoms with Gasteiger partial charge in [0.1, 0.15) is 0 Å². The normalized spacial score (nSPS) is 11.5. The Morgan fingerprint density at radius 2 is 1.95 bits per heavy atom. The van der Waals surface area contributed by atoms with Crippen LogP contribution in [0.25, 0.3) is 0 Å². The van der Waals surface area contributed by atoms with Crippen LogP contribution in [-0.2, 0) is 0 Å². The number of halogens is 2.